The van der Waals surface area contributed by atoms with Gasteiger partial charge in [-0.1, -0.05) is 29.4 Å². The minimum Gasteiger partial charge on any atom is -0.334 e. The fourth-order valence-electron chi connectivity index (χ4n) is 2.62. The second kappa shape index (κ2) is 7.28. The fourth-order valence-corrected chi connectivity index (χ4v) is 2.62. The van der Waals surface area contributed by atoms with E-state index in [1.165, 1.54) is 0 Å². The third-order valence-corrected chi connectivity index (χ3v) is 4.04. The van der Waals surface area contributed by atoms with Crippen LogP contribution < -0.4 is 10.9 Å². The number of nitrogens with zero attached hydrogens (tertiary/aromatic N) is 3. The topological polar surface area (TPSA) is 110 Å². The van der Waals surface area contributed by atoms with Crippen molar-refractivity contribution < 1.29 is 14.1 Å². The molecule has 0 spiro atoms. The summed E-state index contributed by atoms with van der Waals surface area (Å²) in [6, 6.07) is 17.5. The van der Waals surface area contributed by atoms with Gasteiger partial charge in [0.2, 0.25) is 0 Å². The van der Waals surface area contributed by atoms with Crippen molar-refractivity contribution in [3.63, 3.8) is 0 Å². The van der Waals surface area contributed by atoms with Crippen molar-refractivity contribution in [2.75, 3.05) is 0 Å². The van der Waals surface area contributed by atoms with Gasteiger partial charge in [-0.3, -0.25) is 20.4 Å². The number of pyridine rings is 1. The number of benzene rings is 2. The van der Waals surface area contributed by atoms with Gasteiger partial charge < -0.3 is 4.52 Å². The highest BCUT2D eigenvalue weighted by atomic mass is 16.5. The normalized spacial score (nSPS) is 10.6. The van der Waals surface area contributed by atoms with Crippen molar-refractivity contribution in [1.29, 1.82) is 0 Å². The molecule has 138 valence electrons. The summed E-state index contributed by atoms with van der Waals surface area (Å²) in [5, 5.41) is 4.66. The van der Waals surface area contributed by atoms with Gasteiger partial charge in [0, 0.05) is 16.5 Å². The summed E-state index contributed by atoms with van der Waals surface area (Å²) in [5.41, 5.74) is 6.72. The average Bonchev–Trinajstić information content (AvgIpc) is 3.17. The molecule has 0 unspecified atom stereocenters. The lowest BCUT2D eigenvalue weighted by molar-refractivity contribution is 0.0844. The first-order chi connectivity index (χ1) is 13.6. The molecule has 0 fully saturated rings. The maximum atomic E-state index is 12.2. The lowest BCUT2D eigenvalue weighted by Crippen LogP contribution is -2.41. The van der Waals surface area contributed by atoms with Crippen molar-refractivity contribution in [3.05, 3.63) is 77.7 Å². The van der Waals surface area contributed by atoms with Crippen LogP contribution in [0.3, 0.4) is 0 Å². The molecule has 0 aliphatic heterocycles. The molecule has 2 heterocycles. The first-order valence-corrected chi connectivity index (χ1v) is 8.47. The standard InChI is InChI=1S/C20H15N5O3/c1-12-21-20(28-25-12)15-8-6-14(7-9-15)18(26)23-24-19(27)17-11-10-13-4-2-3-5-16(13)22-17/h2-11H,1H3,(H,23,26)(H,24,27). The number of amides is 2. The molecule has 2 N–H and O–H groups in total. The average molecular weight is 373 g/mol. The van der Waals surface area contributed by atoms with Crippen LogP contribution in [0.25, 0.3) is 22.4 Å². The molecule has 0 aliphatic rings. The molecule has 8 nitrogen and oxygen atoms in total. The summed E-state index contributed by atoms with van der Waals surface area (Å²) >= 11 is 0. The predicted molar refractivity (Wildman–Crippen MR) is 101 cm³/mol. The Morgan fingerprint density at radius 1 is 0.857 bits per heavy atom. The number of carbonyl (C=O) groups excluding carboxylic acids is 2. The van der Waals surface area contributed by atoms with E-state index in [9.17, 15) is 9.59 Å². The zero-order valence-electron chi connectivity index (χ0n) is 14.8. The van der Waals surface area contributed by atoms with E-state index in [2.05, 4.69) is 26.0 Å². The van der Waals surface area contributed by atoms with Gasteiger partial charge in [-0.25, -0.2) is 4.98 Å². The lowest BCUT2D eigenvalue weighted by Gasteiger charge is -2.08. The quantitative estimate of drug-likeness (QED) is 0.534. The van der Waals surface area contributed by atoms with E-state index in [1.54, 1.807) is 43.3 Å². The monoisotopic (exact) mass is 373 g/mol. The lowest BCUT2D eigenvalue weighted by atomic mass is 10.1. The van der Waals surface area contributed by atoms with E-state index in [0.29, 0.717) is 28.4 Å². The van der Waals surface area contributed by atoms with E-state index in [-0.39, 0.29) is 5.69 Å². The van der Waals surface area contributed by atoms with Crippen LogP contribution in [-0.2, 0) is 0 Å². The van der Waals surface area contributed by atoms with Crippen LogP contribution in [0.4, 0.5) is 0 Å². The molecule has 0 aliphatic carbocycles. The van der Waals surface area contributed by atoms with Crippen LogP contribution >= 0.6 is 0 Å². The van der Waals surface area contributed by atoms with Gasteiger partial charge in [-0.2, -0.15) is 4.98 Å². The smallest absolute Gasteiger partial charge is 0.288 e. The molecule has 2 aromatic heterocycles. The highest BCUT2D eigenvalue weighted by Gasteiger charge is 2.12. The van der Waals surface area contributed by atoms with Crippen LogP contribution in [0, 0.1) is 6.92 Å². The van der Waals surface area contributed by atoms with Crippen LogP contribution in [0.2, 0.25) is 0 Å². The van der Waals surface area contributed by atoms with Gasteiger partial charge in [0.1, 0.15) is 5.69 Å². The number of carbonyl (C=O) groups is 2. The molecule has 2 amide bonds. The van der Waals surface area contributed by atoms with Crippen molar-refractivity contribution in [1.82, 2.24) is 26.0 Å². The summed E-state index contributed by atoms with van der Waals surface area (Å²) in [6.07, 6.45) is 0. The Hall–Kier alpha value is -4.07. The van der Waals surface area contributed by atoms with E-state index in [1.807, 2.05) is 24.3 Å². The number of hydrazine groups is 1. The van der Waals surface area contributed by atoms with Crippen LogP contribution in [0.5, 0.6) is 0 Å². The molecular weight excluding hydrogens is 358 g/mol. The summed E-state index contributed by atoms with van der Waals surface area (Å²) in [7, 11) is 0. The zero-order valence-corrected chi connectivity index (χ0v) is 14.8. The van der Waals surface area contributed by atoms with E-state index >= 15 is 0 Å². The molecular formula is C20H15N5O3. The molecule has 0 atom stereocenters. The molecule has 2 aromatic carbocycles. The molecule has 0 bridgehead atoms. The van der Waals surface area contributed by atoms with E-state index in [4.69, 9.17) is 4.52 Å². The second-order valence-corrected chi connectivity index (χ2v) is 6.02. The number of nitrogens with one attached hydrogen (secondary N) is 2. The number of para-hydroxylation sites is 1. The third kappa shape index (κ3) is 3.56. The minimum atomic E-state index is -0.503. The SMILES string of the molecule is Cc1noc(-c2ccc(C(=O)NNC(=O)c3ccc4ccccc4n3)cc2)n1. The van der Waals surface area contributed by atoms with E-state index in [0.717, 1.165) is 5.39 Å². The van der Waals surface area contributed by atoms with Gasteiger partial charge in [-0.05, 0) is 43.3 Å². The molecule has 0 saturated heterocycles. The van der Waals surface area contributed by atoms with Gasteiger partial charge >= 0.3 is 0 Å². The molecule has 4 aromatic rings. The Labute approximate surface area is 159 Å². The Kier molecular flexibility index (Phi) is 4.51. The number of aryl methyl sites for hydroxylation is 1. The largest absolute Gasteiger partial charge is 0.334 e. The summed E-state index contributed by atoms with van der Waals surface area (Å²) in [4.78, 5) is 32.9. The van der Waals surface area contributed by atoms with Crippen molar-refractivity contribution in [3.8, 4) is 11.5 Å². The van der Waals surface area contributed by atoms with Gasteiger partial charge in [-0.15, -0.1) is 0 Å². The van der Waals surface area contributed by atoms with Gasteiger partial charge in [0.25, 0.3) is 17.7 Å². The number of aromatic nitrogens is 3. The van der Waals surface area contributed by atoms with Crippen LogP contribution in [0.15, 0.2) is 65.2 Å². The molecule has 8 heteroatoms. The van der Waals surface area contributed by atoms with Crippen molar-refractivity contribution >= 4 is 22.7 Å². The van der Waals surface area contributed by atoms with Crippen molar-refractivity contribution in [2.24, 2.45) is 0 Å². The number of rotatable bonds is 3. The Morgan fingerprint density at radius 2 is 1.61 bits per heavy atom. The summed E-state index contributed by atoms with van der Waals surface area (Å²) in [6.45, 7) is 1.72. The minimum absolute atomic E-state index is 0.209. The summed E-state index contributed by atoms with van der Waals surface area (Å²) in [5.74, 6) is -0.0542. The third-order valence-electron chi connectivity index (χ3n) is 4.04. The van der Waals surface area contributed by atoms with Crippen LogP contribution in [-0.4, -0.2) is 26.9 Å². The highest BCUT2D eigenvalue weighted by molar-refractivity contribution is 5.99. The molecule has 0 saturated carbocycles. The highest BCUT2D eigenvalue weighted by Crippen LogP contribution is 2.17. The second-order valence-electron chi connectivity index (χ2n) is 6.02. The van der Waals surface area contributed by atoms with Crippen LogP contribution in [0.1, 0.15) is 26.7 Å². The number of hydrogen-bond donors (Lipinski definition) is 2. The molecule has 0 radical (unpaired) electrons. The number of fused-ring (bicyclic) bond motifs is 1. The Balaban J connectivity index is 1.41. The first-order valence-electron chi connectivity index (χ1n) is 8.47. The molecule has 28 heavy (non-hydrogen) atoms. The summed E-state index contributed by atoms with van der Waals surface area (Å²) < 4.78 is 5.08. The zero-order chi connectivity index (χ0) is 19.5. The van der Waals surface area contributed by atoms with Gasteiger partial charge in [0.15, 0.2) is 5.82 Å². The predicted octanol–water partition coefficient (Wildman–Crippen LogP) is 2.67. The Bertz CT molecular complexity index is 1170. The molecule has 4 rings (SSSR count). The van der Waals surface area contributed by atoms with Crippen molar-refractivity contribution in [2.45, 2.75) is 6.92 Å². The fraction of sp³-hybridized carbons (Fsp3) is 0.0500. The number of hydrogen-bond acceptors (Lipinski definition) is 6. The maximum Gasteiger partial charge on any atom is 0.288 e. The first kappa shape index (κ1) is 17.3. The van der Waals surface area contributed by atoms with Gasteiger partial charge in [0.05, 0.1) is 5.52 Å². The maximum absolute atomic E-state index is 12.2. The van der Waals surface area contributed by atoms with E-state index < -0.39 is 11.8 Å². The Morgan fingerprint density at radius 3 is 2.36 bits per heavy atom.